The average Bonchev–Trinajstić information content (AvgIpc) is 2.36. The van der Waals surface area contributed by atoms with Crippen LogP contribution in [0.3, 0.4) is 0 Å². The van der Waals surface area contributed by atoms with Crippen molar-refractivity contribution in [1.29, 1.82) is 0 Å². The van der Waals surface area contributed by atoms with E-state index >= 15 is 0 Å². The van der Waals surface area contributed by atoms with Crippen molar-refractivity contribution in [3.63, 3.8) is 0 Å². The van der Waals surface area contributed by atoms with Gasteiger partial charge in [0, 0.05) is 12.6 Å². The Bertz CT molecular complexity index is 480. The zero-order valence-electron chi connectivity index (χ0n) is 12.1. The van der Waals surface area contributed by atoms with Gasteiger partial charge < -0.3 is 15.2 Å². The van der Waals surface area contributed by atoms with Crippen LogP contribution < -0.4 is 5.32 Å². The zero-order chi connectivity index (χ0) is 15.3. The molecule has 0 spiro atoms. The van der Waals surface area contributed by atoms with Crippen LogP contribution >= 0.6 is 0 Å². The molecule has 1 amide bonds. The van der Waals surface area contributed by atoms with E-state index in [0.717, 1.165) is 0 Å². The largest absolute Gasteiger partial charge is 0.458 e. The highest BCUT2D eigenvalue weighted by molar-refractivity contribution is 5.92. The lowest BCUT2D eigenvalue weighted by molar-refractivity contribution is -0.114. The Balaban J connectivity index is 2.62. The molecule has 0 fully saturated rings. The molecule has 1 rings (SSSR count). The fraction of sp³-hybridized carbons (Fsp3) is 0.429. The van der Waals surface area contributed by atoms with E-state index < -0.39 is 11.7 Å². The van der Waals surface area contributed by atoms with Gasteiger partial charge in [-0.3, -0.25) is 9.69 Å². The number of carbonyl (C=O) groups excluding carboxylic acids is 2. The molecule has 0 bridgehead atoms. The van der Waals surface area contributed by atoms with Gasteiger partial charge in [-0.05, 0) is 45.3 Å². The monoisotopic (exact) mass is 280 g/mol. The van der Waals surface area contributed by atoms with Crippen molar-refractivity contribution < 1.29 is 19.4 Å². The van der Waals surface area contributed by atoms with Crippen LogP contribution in [-0.2, 0) is 9.53 Å². The van der Waals surface area contributed by atoms with Gasteiger partial charge >= 0.3 is 5.97 Å². The summed E-state index contributed by atoms with van der Waals surface area (Å²) >= 11 is 0. The van der Waals surface area contributed by atoms with Crippen molar-refractivity contribution in [3.05, 3.63) is 29.8 Å². The van der Waals surface area contributed by atoms with Crippen molar-refractivity contribution >= 4 is 17.6 Å². The summed E-state index contributed by atoms with van der Waals surface area (Å²) in [7, 11) is 3.38. The molecule has 0 aliphatic carbocycles. The van der Waals surface area contributed by atoms with E-state index in [-0.39, 0.29) is 12.5 Å². The number of anilines is 1. The van der Waals surface area contributed by atoms with Crippen molar-refractivity contribution in [3.8, 4) is 0 Å². The summed E-state index contributed by atoms with van der Waals surface area (Å²) in [4.78, 5) is 24.2. The van der Waals surface area contributed by atoms with E-state index in [1.165, 1.54) is 6.92 Å². The molecule has 0 aliphatic heterocycles. The van der Waals surface area contributed by atoms with Gasteiger partial charge in [-0.1, -0.05) is 0 Å². The molecular weight excluding hydrogens is 260 g/mol. The fourth-order valence-corrected chi connectivity index (χ4v) is 1.31. The highest BCUT2D eigenvalue weighted by atomic mass is 16.5. The second-order valence-electron chi connectivity index (χ2n) is 4.95. The SMILES string of the molecule is CC(=O)Nc1ccc(C(=O)OCC(C)(O)N(C)C)cc1. The predicted molar refractivity (Wildman–Crippen MR) is 75.3 cm³/mol. The van der Waals surface area contributed by atoms with Crippen molar-refractivity contribution in [2.24, 2.45) is 0 Å². The molecular formula is C14H20N2O4. The van der Waals surface area contributed by atoms with Gasteiger partial charge in [0.25, 0.3) is 0 Å². The first-order valence-electron chi connectivity index (χ1n) is 6.17. The molecule has 20 heavy (non-hydrogen) atoms. The molecule has 0 aliphatic rings. The van der Waals surface area contributed by atoms with Crippen LogP contribution in [0.4, 0.5) is 5.69 Å². The molecule has 110 valence electrons. The molecule has 1 aromatic rings. The summed E-state index contributed by atoms with van der Waals surface area (Å²) in [5.41, 5.74) is -0.255. The normalized spacial score (nSPS) is 13.7. The summed E-state index contributed by atoms with van der Waals surface area (Å²) in [6.45, 7) is 2.83. The minimum atomic E-state index is -1.22. The number of nitrogens with one attached hydrogen (secondary N) is 1. The topological polar surface area (TPSA) is 78.9 Å². The maximum atomic E-state index is 11.8. The van der Waals surface area contributed by atoms with Crippen LogP contribution in [0.5, 0.6) is 0 Å². The van der Waals surface area contributed by atoms with E-state index in [4.69, 9.17) is 4.74 Å². The molecule has 0 radical (unpaired) electrons. The van der Waals surface area contributed by atoms with Crippen molar-refractivity contribution in [1.82, 2.24) is 4.90 Å². The van der Waals surface area contributed by atoms with Crippen LogP contribution in [0.1, 0.15) is 24.2 Å². The summed E-state index contributed by atoms with van der Waals surface area (Å²) in [5.74, 6) is -0.705. The van der Waals surface area contributed by atoms with E-state index in [1.54, 1.807) is 50.2 Å². The summed E-state index contributed by atoms with van der Waals surface area (Å²) < 4.78 is 5.06. The Morgan fingerprint density at radius 1 is 1.30 bits per heavy atom. The molecule has 1 atom stereocenters. The number of benzene rings is 1. The van der Waals surface area contributed by atoms with E-state index in [1.807, 2.05) is 0 Å². The van der Waals surface area contributed by atoms with Gasteiger partial charge in [-0.2, -0.15) is 0 Å². The lowest BCUT2D eigenvalue weighted by Crippen LogP contribution is -2.45. The van der Waals surface area contributed by atoms with Crippen LogP contribution in [0.2, 0.25) is 0 Å². The first kappa shape index (κ1) is 16.1. The smallest absolute Gasteiger partial charge is 0.338 e. The Kier molecular flexibility index (Phi) is 5.24. The molecule has 1 unspecified atom stereocenters. The van der Waals surface area contributed by atoms with E-state index in [0.29, 0.717) is 11.3 Å². The first-order chi connectivity index (χ1) is 9.22. The number of likely N-dealkylation sites (N-methyl/N-ethyl adjacent to an activating group) is 1. The third kappa shape index (κ3) is 4.64. The van der Waals surface area contributed by atoms with Crippen LogP contribution in [0.25, 0.3) is 0 Å². The van der Waals surface area contributed by atoms with Gasteiger partial charge in [-0.15, -0.1) is 0 Å². The van der Waals surface area contributed by atoms with Crippen LogP contribution in [-0.4, -0.2) is 48.3 Å². The summed E-state index contributed by atoms with van der Waals surface area (Å²) in [6, 6.07) is 6.33. The quantitative estimate of drug-likeness (QED) is 0.623. The summed E-state index contributed by atoms with van der Waals surface area (Å²) in [5, 5.41) is 12.5. The Morgan fingerprint density at radius 3 is 2.30 bits per heavy atom. The van der Waals surface area contributed by atoms with Gasteiger partial charge in [0.05, 0.1) is 5.56 Å². The number of esters is 1. The van der Waals surface area contributed by atoms with Crippen LogP contribution in [0.15, 0.2) is 24.3 Å². The molecule has 0 saturated heterocycles. The van der Waals surface area contributed by atoms with E-state index in [2.05, 4.69) is 5.32 Å². The number of ether oxygens (including phenoxy) is 1. The number of nitrogens with zero attached hydrogens (tertiary/aromatic N) is 1. The molecule has 0 heterocycles. The van der Waals surface area contributed by atoms with Gasteiger partial charge in [0.2, 0.25) is 5.91 Å². The maximum Gasteiger partial charge on any atom is 0.338 e. The van der Waals surface area contributed by atoms with Gasteiger partial charge in [-0.25, -0.2) is 4.79 Å². The lowest BCUT2D eigenvalue weighted by atomic mass is 10.2. The number of amides is 1. The second kappa shape index (κ2) is 6.49. The van der Waals surface area contributed by atoms with E-state index in [9.17, 15) is 14.7 Å². The minimum absolute atomic E-state index is 0.133. The maximum absolute atomic E-state index is 11.8. The number of carbonyl (C=O) groups is 2. The Morgan fingerprint density at radius 2 is 1.85 bits per heavy atom. The highest BCUT2D eigenvalue weighted by Gasteiger charge is 2.25. The third-order valence-corrected chi connectivity index (χ3v) is 2.88. The number of rotatable bonds is 5. The number of aliphatic hydroxyl groups is 1. The predicted octanol–water partition coefficient (Wildman–Crippen LogP) is 1.07. The number of hydrogen-bond acceptors (Lipinski definition) is 5. The Labute approximate surface area is 118 Å². The fourth-order valence-electron chi connectivity index (χ4n) is 1.31. The van der Waals surface area contributed by atoms with Crippen LogP contribution in [0, 0.1) is 0 Å². The van der Waals surface area contributed by atoms with Crippen molar-refractivity contribution in [2.75, 3.05) is 26.0 Å². The molecule has 2 N–H and O–H groups in total. The molecule has 6 heteroatoms. The first-order valence-corrected chi connectivity index (χ1v) is 6.17. The van der Waals surface area contributed by atoms with Crippen molar-refractivity contribution in [2.45, 2.75) is 19.6 Å². The third-order valence-electron chi connectivity index (χ3n) is 2.88. The van der Waals surface area contributed by atoms with Gasteiger partial charge in [0.1, 0.15) is 12.3 Å². The molecule has 0 saturated carbocycles. The molecule has 1 aromatic carbocycles. The minimum Gasteiger partial charge on any atom is -0.458 e. The Hall–Kier alpha value is -1.92. The zero-order valence-corrected chi connectivity index (χ0v) is 12.1. The molecule has 0 aromatic heterocycles. The van der Waals surface area contributed by atoms with Gasteiger partial charge in [0.15, 0.2) is 0 Å². The molecule has 6 nitrogen and oxygen atoms in total. The number of hydrogen-bond donors (Lipinski definition) is 2. The second-order valence-corrected chi connectivity index (χ2v) is 4.95. The summed E-state index contributed by atoms with van der Waals surface area (Å²) in [6.07, 6.45) is 0. The lowest BCUT2D eigenvalue weighted by Gasteiger charge is -2.29. The average molecular weight is 280 g/mol. The highest BCUT2D eigenvalue weighted by Crippen LogP contribution is 2.12. The standard InChI is InChI=1S/C14H20N2O4/c1-10(17)15-12-7-5-11(6-8-12)13(18)20-9-14(2,19)16(3)4/h5-8,19H,9H2,1-4H3,(H,15,17).